The predicted octanol–water partition coefficient (Wildman–Crippen LogP) is 25.4. The van der Waals surface area contributed by atoms with Crippen LogP contribution in [0.5, 0.6) is 0 Å². The third-order valence-corrected chi connectivity index (χ3v) is 24.6. The molecule has 0 fully saturated rings. The molecule has 0 bridgehead atoms. The van der Waals surface area contributed by atoms with E-state index in [4.69, 9.17) is 0 Å². The second kappa shape index (κ2) is 23.2. The Kier molecular flexibility index (Phi) is 15.3. The van der Waals surface area contributed by atoms with Gasteiger partial charge in [-0.05, 0) is 253 Å². The molecular weight excluding hydrogens is 1230 g/mol. The minimum Gasteiger partial charge on any atom is -0.311 e. The van der Waals surface area contributed by atoms with Gasteiger partial charge in [0, 0.05) is 50.6 Å². The molecule has 0 amide bonds. The molecule has 2 aliphatic heterocycles. The van der Waals surface area contributed by atoms with E-state index >= 15 is 0 Å². The number of nitrogens with zero attached hydrogens (tertiary/aromatic N) is 3. The molecule has 0 radical (unpaired) electrons. The van der Waals surface area contributed by atoms with E-state index in [-0.39, 0.29) is 50.0 Å². The van der Waals surface area contributed by atoms with E-state index in [1.807, 2.05) is 0 Å². The Labute approximate surface area is 610 Å². The molecule has 102 heavy (non-hydrogen) atoms. The maximum absolute atomic E-state index is 2.64. The second-order valence-electron chi connectivity index (χ2n) is 37.7. The first-order chi connectivity index (χ1) is 48.0. The second-order valence-corrected chi connectivity index (χ2v) is 37.7. The van der Waals surface area contributed by atoms with E-state index in [1.165, 1.54) is 176 Å². The Bertz CT molecular complexity index is 5280. The number of hydrogen-bond acceptors (Lipinski definition) is 2. The quantitative estimate of drug-likeness (QED) is 0.147. The molecule has 2 aliphatic carbocycles. The van der Waals surface area contributed by atoms with Gasteiger partial charge in [0.1, 0.15) is 0 Å². The summed E-state index contributed by atoms with van der Waals surface area (Å²) in [5, 5.41) is 2.57. The highest BCUT2D eigenvalue weighted by Crippen LogP contribution is 2.52. The van der Waals surface area contributed by atoms with Gasteiger partial charge in [-0.1, -0.05) is 278 Å². The molecule has 4 aliphatic rings. The zero-order valence-electron chi connectivity index (χ0n) is 64.5. The maximum Gasteiger partial charge on any atom is 0.252 e. The van der Waals surface area contributed by atoms with E-state index in [1.54, 1.807) is 0 Å². The number of benzene rings is 11. The van der Waals surface area contributed by atoms with Gasteiger partial charge in [0.25, 0.3) is 6.71 Å². The smallest absolute Gasteiger partial charge is 0.252 e. The van der Waals surface area contributed by atoms with Crippen molar-refractivity contribution < 1.29 is 0 Å². The van der Waals surface area contributed by atoms with Gasteiger partial charge in [0.15, 0.2) is 0 Å². The Hall–Kier alpha value is -9.12. The van der Waals surface area contributed by atoms with Crippen LogP contribution in [0, 0.1) is 0 Å². The van der Waals surface area contributed by atoms with Crippen molar-refractivity contribution in [1.29, 1.82) is 0 Å². The third kappa shape index (κ3) is 11.3. The van der Waals surface area contributed by atoms with Crippen LogP contribution in [-0.2, 0) is 43.3 Å². The third-order valence-electron chi connectivity index (χ3n) is 24.6. The van der Waals surface area contributed by atoms with Crippen LogP contribution in [0.4, 0.5) is 34.1 Å². The van der Waals surface area contributed by atoms with Gasteiger partial charge < -0.3 is 14.4 Å². The lowest BCUT2D eigenvalue weighted by Gasteiger charge is -2.45. The summed E-state index contributed by atoms with van der Waals surface area (Å²) in [6, 6.07) is 87.1. The van der Waals surface area contributed by atoms with Crippen LogP contribution in [0.25, 0.3) is 72.0 Å². The zero-order valence-corrected chi connectivity index (χ0v) is 64.5. The zero-order chi connectivity index (χ0) is 71.9. The lowest BCUT2D eigenvalue weighted by molar-refractivity contribution is 0.332. The molecule has 4 heteroatoms. The van der Waals surface area contributed by atoms with Crippen molar-refractivity contribution in [2.45, 2.75) is 207 Å². The number of aromatic nitrogens is 1. The Balaban J connectivity index is 0.960. The highest BCUT2D eigenvalue weighted by Gasteiger charge is 2.45. The molecule has 0 atom stereocenters. The first-order valence-electron chi connectivity index (χ1n) is 37.9. The van der Waals surface area contributed by atoms with Crippen molar-refractivity contribution in [3.05, 3.63) is 263 Å². The summed E-state index contributed by atoms with van der Waals surface area (Å²) in [6.07, 6.45) is 4.74. The molecule has 0 saturated carbocycles. The monoisotopic (exact) mass is 1330 g/mol. The molecule has 12 aromatic rings. The van der Waals surface area contributed by atoms with Crippen LogP contribution in [0.2, 0.25) is 0 Å². The summed E-state index contributed by atoms with van der Waals surface area (Å²) in [5.74, 6) is 0. The van der Waals surface area contributed by atoms with Crippen LogP contribution in [-0.4, -0.2) is 11.3 Å². The normalized spacial score (nSPS) is 16.5. The Morgan fingerprint density at radius 2 is 0.569 bits per heavy atom. The lowest BCUT2D eigenvalue weighted by Crippen LogP contribution is -2.61. The minimum absolute atomic E-state index is 0.00661. The number of rotatable bonds is 7. The van der Waals surface area contributed by atoms with E-state index in [9.17, 15) is 0 Å². The summed E-state index contributed by atoms with van der Waals surface area (Å²) in [4.78, 5) is 5.27. The number of fused-ring (bicyclic) bond motifs is 9. The van der Waals surface area contributed by atoms with Crippen LogP contribution < -0.4 is 26.2 Å². The highest BCUT2D eigenvalue weighted by atomic mass is 15.2. The van der Waals surface area contributed by atoms with Crippen LogP contribution in [0.15, 0.2) is 218 Å². The highest BCUT2D eigenvalue weighted by molar-refractivity contribution is 7.00. The van der Waals surface area contributed by atoms with Crippen molar-refractivity contribution in [3.63, 3.8) is 0 Å². The van der Waals surface area contributed by atoms with Gasteiger partial charge in [-0.3, -0.25) is 0 Å². The first-order valence-corrected chi connectivity index (χ1v) is 37.9. The fourth-order valence-corrected chi connectivity index (χ4v) is 17.7. The molecule has 11 aromatic carbocycles. The van der Waals surface area contributed by atoms with Crippen LogP contribution in [0.1, 0.15) is 209 Å². The predicted molar refractivity (Wildman–Crippen MR) is 442 cm³/mol. The lowest BCUT2D eigenvalue weighted by atomic mass is 9.33. The average molecular weight is 1330 g/mol. The molecule has 514 valence electrons. The molecule has 0 saturated heterocycles. The first kappa shape index (κ1) is 67.4. The van der Waals surface area contributed by atoms with Crippen LogP contribution >= 0.6 is 0 Å². The number of anilines is 6. The maximum atomic E-state index is 2.64. The Morgan fingerprint density at radius 3 is 0.971 bits per heavy atom. The topological polar surface area (TPSA) is 11.4 Å². The number of hydrogen-bond donors (Lipinski definition) is 0. The summed E-state index contributed by atoms with van der Waals surface area (Å²) in [6.45, 7) is 47.3. The molecule has 3 heterocycles. The molecular formula is C98H104BN3. The van der Waals surface area contributed by atoms with Gasteiger partial charge in [0.05, 0.1) is 11.0 Å². The minimum atomic E-state index is -0.122. The fourth-order valence-electron chi connectivity index (χ4n) is 17.7. The molecule has 0 N–H and O–H groups in total. The summed E-state index contributed by atoms with van der Waals surface area (Å²) < 4.78 is 2.56. The summed E-state index contributed by atoms with van der Waals surface area (Å²) >= 11 is 0. The molecule has 0 spiro atoms. The summed E-state index contributed by atoms with van der Waals surface area (Å²) in [7, 11) is 0. The van der Waals surface area contributed by atoms with Gasteiger partial charge in [-0.2, -0.15) is 0 Å². The largest absolute Gasteiger partial charge is 0.311 e. The van der Waals surface area contributed by atoms with Crippen molar-refractivity contribution >= 4 is 79.0 Å². The molecule has 3 nitrogen and oxygen atoms in total. The standard InChI is InChI=1S/C98H104BN3/c1-91(2,3)69-32-21-61(22-33-69)67-31-45-82-86(55-67)100(73-38-25-62(26-39-73)65-29-43-78-80(53-65)97(17,18)51-49-95(78,13)14)88-56-68(64-23-34-70(35-24-64)92(4,5)6)57-89-90(88)99(82)83-46-42-75(102-84-47-36-71(93(7,8)9)58-76(84)77-59-72(94(10,11)12)37-48-85(77)102)60-87(83)101(89)74-40-27-63(28-41-74)66-30-44-79-81(54-66)98(19,20)52-50-96(79,15)16/h21-48,53-60H,49-52H2,1-20H3. The fraction of sp³-hybridized carbons (Fsp3) is 0.327. The van der Waals surface area contributed by atoms with Gasteiger partial charge >= 0.3 is 0 Å². The van der Waals surface area contributed by atoms with Crippen molar-refractivity contribution in [2.75, 3.05) is 9.80 Å². The van der Waals surface area contributed by atoms with Gasteiger partial charge in [0.2, 0.25) is 0 Å². The van der Waals surface area contributed by atoms with Gasteiger partial charge in [-0.15, -0.1) is 0 Å². The van der Waals surface area contributed by atoms with Crippen molar-refractivity contribution in [1.82, 2.24) is 4.57 Å². The van der Waals surface area contributed by atoms with Crippen molar-refractivity contribution in [2.24, 2.45) is 0 Å². The van der Waals surface area contributed by atoms with Crippen molar-refractivity contribution in [3.8, 4) is 50.2 Å². The van der Waals surface area contributed by atoms with E-state index in [0.29, 0.717) is 0 Å². The molecule has 16 rings (SSSR count). The van der Waals surface area contributed by atoms with E-state index < -0.39 is 0 Å². The van der Waals surface area contributed by atoms with Gasteiger partial charge in [-0.25, -0.2) is 0 Å². The molecule has 0 unspecified atom stereocenters. The average Bonchev–Trinajstić information content (AvgIpc) is 0.702. The Morgan fingerprint density at radius 1 is 0.265 bits per heavy atom. The van der Waals surface area contributed by atoms with Crippen LogP contribution in [0.3, 0.4) is 0 Å². The molecule has 1 aromatic heterocycles. The summed E-state index contributed by atoms with van der Waals surface area (Å²) in [5.41, 5.74) is 35.9. The van der Waals surface area contributed by atoms with E-state index in [0.717, 1.165) is 17.1 Å². The van der Waals surface area contributed by atoms with E-state index in [2.05, 4.69) is 371 Å². The SMILES string of the molecule is CC(C)(C)c1ccc(-c2ccc3c(c2)N(c2ccc(-c4ccc5c(c4)C(C)(C)CCC5(C)C)cc2)c2cc(-c4ccc(C(C)(C)C)cc4)cc4c2B3c2ccc(-n3c5ccc(C(C)(C)C)cc5c5cc(C(C)(C)C)ccc53)cc2N4c2ccc(-c3ccc4c(c3)C(C)(C)CCC4(C)C)cc2)cc1.